The Balaban J connectivity index is 2.18. The quantitative estimate of drug-likeness (QED) is 0.743. The molecule has 0 fully saturated rings. The maximum absolute atomic E-state index is 5.42. The number of hydrogen-bond donors (Lipinski definition) is 1. The summed E-state index contributed by atoms with van der Waals surface area (Å²) >= 11 is 3.26. The molecule has 3 rings (SSSR count). The Morgan fingerprint density at radius 1 is 1.19 bits per heavy atom. The van der Waals surface area contributed by atoms with E-state index in [1.54, 1.807) is 0 Å². The molecule has 0 radical (unpaired) electrons. The number of nitrogens with one attached hydrogen (secondary N) is 1. The van der Waals surface area contributed by atoms with Gasteiger partial charge in [0.2, 0.25) is 0 Å². The van der Waals surface area contributed by atoms with E-state index in [0.717, 1.165) is 11.2 Å². The van der Waals surface area contributed by atoms with E-state index >= 15 is 0 Å². The van der Waals surface area contributed by atoms with Crippen molar-refractivity contribution in [3.05, 3.63) is 34.6 Å². The molecule has 0 bridgehead atoms. The third kappa shape index (κ3) is 1.53. The molecule has 5 heteroatoms. The van der Waals surface area contributed by atoms with Crippen LogP contribution in [0.1, 0.15) is 5.69 Å². The van der Waals surface area contributed by atoms with E-state index in [2.05, 4.69) is 30.9 Å². The first-order valence-corrected chi connectivity index (χ1v) is 5.61. The molecule has 16 heavy (non-hydrogen) atoms. The second-order valence-electron chi connectivity index (χ2n) is 3.51. The Morgan fingerprint density at radius 2 is 2.06 bits per heavy atom. The van der Waals surface area contributed by atoms with E-state index in [1.165, 1.54) is 0 Å². The molecular weight excluding hydrogens is 270 g/mol. The molecule has 0 spiro atoms. The fourth-order valence-electron chi connectivity index (χ4n) is 1.55. The van der Waals surface area contributed by atoms with Crippen LogP contribution in [0.2, 0.25) is 0 Å². The number of imidazole rings is 1. The van der Waals surface area contributed by atoms with Gasteiger partial charge in [-0.2, -0.15) is 0 Å². The van der Waals surface area contributed by atoms with Crippen LogP contribution in [0.25, 0.3) is 22.7 Å². The van der Waals surface area contributed by atoms with Gasteiger partial charge in [-0.3, -0.25) is 0 Å². The average Bonchev–Trinajstić information content (AvgIpc) is 2.83. The highest BCUT2D eigenvalue weighted by molar-refractivity contribution is 9.10. The standard InChI is InChI=1S/C11H8BrN3O/c1-6-2-3-7-10(13-6)15-11(14-7)8-4-5-9(12)16-8/h2-5H,1H3,(H,13,14,15). The van der Waals surface area contributed by atoms with Crippen molar-refractivity contribution in [2.45, 2.75) is 6.92 Å². The molecule has 0 saturated heterocycles. The van der Waals surface area contributed by atoms with Crippen LogP contribution in [-0.4, -0.2) is 15.0 Å². The van der Waals surface area contributed by atoms with Crippen molar-refractivity contribution >= 4 is 27.1 Å². The van der Waals surface area contributed by atoms with Gasteiger partial charge in [0.05, 0.1) is 5.52 Å². The largest absolute Gasteiger partial charge is 0.446 e. The molecule has 3 aromatic rings. The van der Waals surface area contributed by atoms with E-state index in [0.29, 0.717) is 21.9 Å². The number of rotatable bonds is 1. The lowest BCUT2D eigenvalue weighted by atomic mass is 10.3. The summed E-state index contributed by atoms with van der Waals surface area (Å²) in [6, 6.07) is 7.60. The number of hydrogen-bond acceptors (Lipinski definition) is 3. The van der Waals surface area contributed by atoms with Crippen molar-refractivity contribution in [1.29, 1.82) is 0 Å². The predicted molar refractivity (Wildman–Crippen MR) is 64.0 cm³/mol. The molecule has 80 valence electrons. The van der Waals surface area contributed by atoms with Gasteiger partial charge in [-0.1, -0.05) is 0 Å². The summed E-state index contributed by atoms with van der Waals surface area (Å²) in [6.07, 6.45) is 0. The lowest BCUT2D eigenvalue weighted by Crippen LogP contribution is -1.80. The van der Waals surface area contributed by atoms with Crippen molar-refractivity contribution in [2.75, 3.05) is 0 Å². The summed E-state index contributed by atoms with van der Waals surface area (Å²) in [4.78, 5) is 11.9. The Morgan fingerprint density at radius 3 is 2.81 bits per heavy atom. The first kappa shape index (κ1) is 9.59. The molecule has 0 aliphatic carbocycles. The van der Waals surface area contributed by atoms with Gasteiger partial charge < -0.3 is 9.40 Å². The van der Waals surface area contributed by atoms with Gasteiger partial charge in [-0.15, -0.1) is 0 Å². The molecule has 0 atom stereocenters. The molecule has 0 unspecified atom stereocenters. The van der Waals surface area contributed by atoms with Gasteiger partial charge in [0, 0.05) is 5.69 Å². The summed E-state index contributed by atoms with van der Waals surface area (Å²) < 4.78 is 6.11. The van der Waals surface area contributed by atoms with Crippen LogP contribution < -0.4 is 0 Å². The number of H-pyrrole nitrogens is 1. The van der Waals surface area contributed by atoms with Crippen molar-refractivity contribution < 1.29 is 4.42 Å². The van der Waals surface area contributed by atoms with Crippen LogP contribution >= 0.6 is 15.9 Å². The molecule has 4 nitrogen and oxygen atoms in total. The maximum Gasteiger partial charge on any atom is 0.178 e. The number of furan rings is 1. The fourth-order valence-corrected chi connectivity index (χ4v) is 1.85. The zero-order chi connectivity index (χ0) is 11.1. The van der Waals surface area contributed by atoms with Crippen LogP contribution in [0.5, 0.6) is 0 Å². The SMILES string of the molecule is Cc1ccc2[nH]c(-c3ccc(Br)o3)nc2n1. The molecular formula is C11H8BrN3O. The van der Waals surface area contributed by atoms with Crippen molar-refractivity contribution in [2.24, 2.45) is 0 Å². The summed E-state index contributed by atoms with van der Waals surface area (Å²) in [5.41, 5.74) is 2.57. The van der Waals surface area contributed by atoms with Gasteiger partial charge in [0.1, 0.15) is 0 Å². The van der Waals surface area contributed by atoms with E-state index in [4.69, 9.17) is 4.42 Å². The highest BCUT2D eigenvalue weighted by Gasteiger charge is 2.09. The van der Waals surface area contributed by atoms with Crippen LogP contribution in [-0.2, 0) is 0 Å². The summed E-state index contributed by atoms with van der Waals surface area (Å²) in [6.45, 7) is 1.94. The number of aromatic amines is 1. The predicted octanol–water partition coefficient (Wildman–Crippen LogP) is 3.29. The summed E-state index contributed by atoms with van der Waals surface area (Å²) in [5, 5.41) is 0. The molecule has 0 amide bonds. The fraction of sp³-hybridized carbons (Fsp3) is 0.0909. The number of pyridine rings is 1. The smallest absolute Gasteiger partial charge is 0.178 e. The Labute approximate surface area is 99.8 Å². The lowest BCUT2D eigenvalue weighted by Gasteiger charge is -1.88. The minimum absolute atomic E-state index is 0.687. The second-order valence-corrected chi connectivity index (χ2v) is 4.29. The lowest BCUT2D eigenvalue weighted by molar-refractivity contribution is 0.552. The number of halogens is 1. The zero-order valence-electron chi connectivity index (χ0n) is 8.49. The maximum atomic E-state index is 5.42. The second kappa shape index (κ2) is 3.45. The molecule has 0 aliphatic rings. The molecule has 0 aromatic carbocycles. The molecule has 1 N–H and O–H groups in total. The molecule has 3 heterocycles. The third-order valence-electron chi connectivity index (χ3n) is 2.29. The van der Waals surface area contributed by atoms with E-state index in [9.17, 15) is 0 Å². The van der Waals surface area contributed by atoms with Gasteiger partial charge in [0.15, 0.2) is 21.9 Å². The molecule has 0 saturated carbocycles. The number of nitrogens with zero attached hydrogens (tertiary/aromatic N) is 2. The van der Waals surface area contributed by atoms with Gasteiger partial charge in [0.25, 0.3) is 0 Å². The average molecular weight is 278 g/mol. The number of aromatic nitrogens is 3. The molecule has 0 aliphatic heterocycles. The summed E-state index contributed by atoms with van der Waals surface area (Å²) in [7, 11) is 0. The minimum Gasteiger partial charge on any atom is -0.446 e. The Bertz CT molecular complexity index is 656. The Hall–Kier alpha value is -1.62. The van der Waals surface area contributed by atoms with Gasteiger partial charge >= 0.3 is 0 Å². The van der Waals surface area contributed by atoms with E-state index < -0.39 is 0 Å². The van der Waals surface area contributed by atoms with Crippen molar-refractivity contribution in [3.63, 3.8) is 0 Å². The highest BCUT2D eigenvalue weighted by atomic mass is 79.9. The van der Waals surface area contributed by atoms with E-state index in [-0.39, 0.29) is 0 Å². The summed E-state index contributed by atoms with van der Waals surface area (Å²) in [5.74, 6) is 1.39. The Kier molecular flexibility index (Phi) is 2.07. The van der Waals surface area contributed by atoms with Crippen LogP contribution in [0.3, 0.4) is 0 Å². The van der Waals surface area contributed by atoms with E-state index in [1.807, 2.05) is 31.2 Å². The zero-order valence-corrected chi connectivity index (χ0v) is 10.1. The van der Waals surface area contributed by atoms with Crippen LogP contribution in [0.15, 0.2) is 33.4 Å². The van der Waals surface area contributed by atoms with Gasteiger partial charge in [-0.25, -0.2) is 9.97 Å². The van der Waals surface area contributed by atoms with Crippen molar-refractivity contribution in [3.8, 4) is 11.6 Å². The highest BCUT2D eigenvalue weighted by Crippen LogP contribution is 2.24. The van der Waals surface area contributed by atoms with Crippen LogP contribution in [0, 0.1) is 6.92 Å². The monoisotopic (exact) mass is 277 g/mol. The normalized spacial score (nSPS) is 11.1. The third-order valence-corrected chi connectivity index (χ3v) is 2.72. The van der Waals surface area contributed by atoms with Crippen LogP contribution in [0.4, 0.5) is 0 Å². The minimum atomic E-state index is 0.687. The van der Waals surface area contributed by atoms with Crippen molar-refractivity contribution in [1.82, 2.24) is 15.0 Å². The first-order chi connectivity index (χ1) is 7.72. The first-order valence-electron chi connectivity index (χ1n) is 4.81. The number of fused-ring (bicyclic) bond motifs is 1. The van der Waals surface area contributed by atoms with Gasteiger partial charge in [-0.05, 0) is 47.1 Å². The molecule has 3 aromatic heterocycles. The number of aryl methyl sites for hydroxylation is 1. The topological polar surface area (TPSA) is 54.7 Å².